The minimum Gasteiger partial charge on any atom is -0.504 e. The molecule has 1 amide bonds. The summed E-state index contributed by atoms with van der Waals surface area (Å²) in [6.45, 7) is 2.70. The fraction of sp³-hybridized carbons (Fsp3) is 0.259. The molecule has 4 aromatic rings. The molecule has 0 saturated carbocycles. The molecule has 1 atom stereocenters. The van der Waals surface area contributed by atoms with Gasteiger partial charge in [-0.05, 0) is 29.4 Å². The van der Waals surface area contributed by atoms with Gasteiger partial charge in [0, 0.05) is 55.7 Å². The van der Waals surface area contributed by atoms with E-state index in [9.17, 15) is 24.9 Å². The van der Waals surface area contributed by atoms with E-state index in [0.29, 0.717) is 18.7 Å². The maximum absolute atomic E-state index is 13.4. The standard InChI is InChI=1S/C27H26N2O6S/c1-28-8-10-29(11-9-28)21(31)13-18(17-7-12-36-15-17)22-24(32)26(34)25(33)23-19(30)14-20(35-27(22)23)16-5-3-2-4-6-16/h2-7,12,14-15,18,32-34H,8-11,13H2,1H3. The molecule has 0 bridgehead atoms. The van der Waals surface area contributed by atoms with Gasteiger partial charge in [-0.3, -0.25) is 9.59 Å². The second-order valence-electron chi connectivity index (χ2n) is 9.00. The van der Waals surface area contributed by atoms with Crippen LogP contribution in [0.3, 0.4) is 0 Å². The first kappa shape index (κ1) is 23.9. The quantitative estimate of drug-likeness (QED) is 0.351. The fourth-order valence-corrected chi connectivity index (χ4v) is 5.37. The number of hydrogen-bond acceptors (Lipinski definition) is 8. The van der Waals surface area contributed by atoms with Crippen LogP contribution in [0.2, 0.25) is 0 Å². The van der Waals surface area contributed by atoms with Crippen molar-refractivity contribution in [3.63, 3.8) is 0 Å². The van der Waals surface area contributed by atoms with Crippen molar-refractivity contribution in [1.82, 2.24) is 9.80 Å². The van der Waals surface area contributed by atoms with Crippen LogP contribution in [0.1, 0.15) is 23.5 Å². The second-order valence-corrected chi connectivity index (χ2v) is 9.78. The molecule has 5 rings (SSSR count). The number of fused-ring (bicyclic) bond motifs is 1. The van der Waals surface area contributed by atoms with Crippen molar-refractivity contribution in [3.8, 4) is 28.6 Å². The molecule has 2 aromatic carbocycles. The van der Waals surface area contributed by atoms with Gasteiger partial charge in [-0.15, -0.1) is 0 Å². The molecule has 8 nitrogen and oxygen atoms in total. The van der Waals surface area contributed by atoms with Crippen LogP contribution < -0.4 is 5.43 Å². The van der Waals surface area contributed by atoms with Gasteiger partial charge < -0.3 is 29.5 Å². The van der Waals surface area contributed by atoms with Crippen LogP contribution in [0.25, 0.3) is 22.3 Å². The molecule has 0 spiro atoms. The predicted molar refractivity (Wildman–Crippen MR) is 138 cm³/mol. The Hall–Kier alpha value is -3.82. The van der Waals surface area contributed by atoms with Crippen LogP contribution in [0.5, 0.6) is 17.2 Å². The zero-order valence-corrected chi connectivity index (χ0v) is 20.5. The highest BCUT2D eigenvalue weighted by atomic mass is 32.1. The van der Waals surface area contributed by atoms with Crippen LogP contribution in [0.15, 0.2) is 62.4 Å². The van der Waals surface area contributed by atoms with Gasteiger partial charge in [0.05, 0.1) is 0 Å². The Labute approximate surface area is 211 Å². The van der Waals surface area contributed by atoms with E-state index >= 15 is 0 Å². The molecule has 36 heavy (non-hydrogen) atoms. The minimum absolute atomic E-state index is 0.00734. The number of amides is 1. The normalized spacial score (nSPS) is 15.3. The van der Waals surface area contributed by atoms with E-state index in [1.54, 1.807) is 29.2 Å². The molecule has 9 heteroatoms. The van der Waals surface area contributed by atoms with Crippen LogP contribution in [0, 0.1) is 0 Å². The van der Waals surface area contributed by atoms with Crippen LogP contribution in [-0.2, 0) is 4.79 Å². The molecular formula is C27H26N2O6S. The molecule has 0 radical (unpaired) electrons. The van der Waals surface area contributed by atoms with Gasteiger partial charge in [0.15, 0.2) is 16.9 Å². The number of phenols is 3. The Balaban J connectivity index is 1.70. The fourth-order valence-electron chi connectivity index (χ4n) is 4.66. The van der Waals surface area contributed by atoms with Gasteiger partial charge in [0.25, 0.3) is 0 Å². The van der Waals surface area contributed by atoms with Gasteiger partial charge in [-0.1, -0.05) is 30.3 Å². The van der Waals surface area contributed by atoms with E-state index in [0.717, 1.165) is 18.7 Å². The monoisotopic (exact) mass is 506 g/mol. The lowest BCUT2D eigenvalue weighted by Gasteiger charge is -2.33. The third-order valence-electron chi connectivity index (χ3n) is 6.72. The number of thiophene rings is 1. The zero-order valence-electron chi connectivity index (χ0n) is 19.7. The molecule has 2 aromatic heterocycles. The molecule has 1 aliphatic heterocycles. The van der Waals surface area contributed by atoms with Gasteiger partial charge in [-0.25, -0.2) is 0 Å². The third kappa shape index (κ3) is 4.31. The third-order valence-corrected chi connectivity index (χ3v) is 7.42. The SMILES string of the molecule is CN1CCN(C(=O)CC(c2ccsc2)c2c(O)c(O)c(O)c3c(=O)cc(-c4ccccc4)oc23)CC1. The highest BCUT2D eigenvalue weighted by molar-refractivity contribution is 7.08. The Morgan fingerprint density at radius 1 is 1.03 bits per heavy atom. The van der Waals surface area contributed by atoms with Gasteiger partial charge in [-0.2, -0.15) is 11.3 Å². The smallest absolute Gasteiger partial charge is 0.223 e. The molecule has 0 aliphatic carbocycles. The highest BCUT2D eigenvalue weighted by Crippen LogP contribution is 2.49. The summed E-state index contributed by atoms with van der Waals surface area (Å²) in [5, 5.41) is 35.7. The van der Waals surface area contributed by atoms with E-state index in [1.807, 2.05) is 29.9 Å². The van der Waals surface area contributed by atoms with Crippen molar-refractivity contribution in [2.45, 2.75) is 12.3 Å². The largest absolute Gasteiger partial charge is 0.504 e. The van der Waals surface area contributed by atoms with Crippen molar-refractivity contribution < 1.29 is 24.5 Å². The van der Waals surface area contributed by atoms with E-state index in [2.05, 4.69) is 4.90 Å². The number of likely N-dealkylation sites (N-methyl/N-ethyl adjacent to an activating group) is 1. The lowest BCUT2D eigenvalue weighted by molar-refractivity contribution is -0.133. The maximum atomic E-state index is 13.4. The molecule has 186 valence electrons. The topological polar surface area (TPSA) is 114 Å². The summed E-state index contributed by atoms with van der Waals surface area (Å²) in [5.74, 6) is -2.77. The van der Waals surface area contributed by atoms with Crippen LogP contribution in [-0.4, -0.2) is 64.3 Å². The second kappa shape index (κ2) is 9.67. The van der Waals surface area contributed by atoms with Crippen LogP contribution >= 0.6 is 11.3 Å². The Kier molecular flexibility index (Phi) is 6.42. The van der Waals surface area contributed by atoms with Gasteiger partial charge in [0.1, 0.15) is 16.7 Å². The van der Waals surface area contributed by atoms with Crippen molar-refractivity contribution in [3.05, 3.63) is 74.6 Å². The number of carbonyl (C=O) groups excluding carboxylic acids is 1. The summed E-state index contributed by atoms with van der Waals surface area (Å²) < 4.78 is 6.14. The van der Waals surface area contributed by atoms with Crippen molar-refractivity contribution >= 4 is 28.2 Å². The molecule has 1 aliphatic rings. The summed E-state index contributed by atoms with van der Waals surface area (Å²) in [5.41, 5.74) is 0.832. The number of aromatic hydroxyl groups is 3. The number of hydrogen-bond donors (Lipinski definition) is 3. The highest BCUT2D eigenvalue weighted by Gasteiger charge is 2.32. The summed E-state index contributed by atoms with van der Waals surface area (Å²) in [4.78, 5) is 30.4. The number of nitrogens with zero attached hydrogens (tertiary/aromatic N) is 2. The molecule has 3 heterocycles. The summed E-state index contributed by atoms with van der Waals surface area (Å²) >= 11 is 1.43. The van der Waals surface area contributed by atoms with Crippen molar-refractivity contribution in [2.24, 2.45) is 0 Å². The molecule has 1 fully saturated rings. The molecule has 3 N–H and O–H groups in total. The Bertz CT molecular complexity index is 1460. The van der Waals surface area contributed by atoms with Crippen LogP contribution in [0.4, 0.5) is 0 Å². The summed E-state index contributed by atoms with van der Waals surface area (Å²) in [7, 11) is 2.01. The van der Waals surface area contributed by atoms with Crippen molar-refractivity contribution in [1.29, 1.82) is 0 Å². The average molecular weight is 507 g/mol. The Morgan fingerprint density at radius 3 is 2.42 bits per heavy atom. The molecule has 1 unspecified atom stereocenters. The number of benzene rings is 2. The first-order valence-electron chi connectivity index (χ1n) is 11.6. The average Bonchev–Trinajstić information content (AvgIpc) is 3.42. The van der Waals surface area contributed by atoms with E-state index in [4.69, 9.17) is 4.42 Å². The maximum Gasteiger partial charge on any atom is 0.223 e. The van der Waals surface area contributed by atoms with E-state index in [1.165, 1.54) is 17.4 Å². The summed E-state index contributed by atoms with van der Waals surface area (Å²) in [6.07, 6.45) is -0.00734. The number of carbonyl (C=O) groups is 1. The lowest BCUT2D eigenvalue weighted by atomic mass is 9.87. The number of piperazine rings is 1. The Morgan fingerprint density at radius 2 is 1.75 bits per heavy atom. The molecular weight excluding hydrogens is 480 g/mol. The van der Waals surface area contributed by atoms with E-state index < -0.39 is 28.6 Å². The summed E-state index contributed by atoms with van der Waals surface area (Å²) in [6, 6.07) is 12.1. The lowest BCUT2D eigenvalue weighted by Crippen LogP contribution is -2.47. The number of phenolic OH excluding ortho intramolecular Hbond substituents is 3. The molecule has 1 saturated heterocycles. The minimum atomic E-state index is -0.815. The zero-order chi connectivity index (χ0) is 25.4. The van der Waals surface area contributed by atoms with E-state index in [-0.39, 0.29) is 34.6 Å². The van der Waals surface area contributed by atoms with Gasteiger partial charge >= 0.3 is 0 Å². The van der Waals surface area contributed by atoms with Crippen molar-refractivity contribution in [2.75, 3.05) is 33.2 Å². The first-order valence-corrected chi connectivity index (χ1v) is 12.6. The van der Waals surface area contributed by atoms with Gasteiger partial charge in [0.2, 0.25) is 11.7 Å². The first-order chi connectivity index (χ1) is 17.3. The number of rotatable bonds is 5. The predicted octanol–water partition coefficient (Wildman–Crippen LogP) is 3.93.